The highest BCUT2D eigenvalue weighted by Crippen LogP contribution is 2.24. The highest BCUT2D eigenvalue weighted by atomic mass is 32.2. The first-order chi connectivity index (χ1) is 10.5. The first-order valence-corrected chi connectivity index (χ1v) is 9.37. The van der Waals surface area contributed by atoms with E-state index in [9.17, 15) is 18.0 Å². The van der Waals surface area contributed by atoms with Gasteiger partial charge in [-0.05, 0) is 33.6 Å². The van der Waals surface area contributed by atoms with Crippen LogP contribution < -0.4 is 5.14 Å². The number of likely N-dealkylation sites (tertiary alicyclic amines) is 2. The van der Waals surface area contributed by atoms with Crippen LogP contribution in [0.2, 0.25) is 0 Å². The van der Waals surface area contributed by atoms with Crippen LogP contribution in [0.1, 0.15) is 40.0 Å². The van der Waals surface area contributed by atoms with Gasteiger partial charge in [-0.2, -0.15) is 0 Å². The molecule has 2 N–H and O–H groups in total. The number of hydrogen-bond donors (Lipinski definition) is 1. The minimum Gasteiger partial charge on any atom is -0.444 e. The second-order valence-electron chi connectivity index (χ2n) is 7.18. The molecule has 8 nitrogen and oxygen atoms in total. The molecule has 2 saturated heterocycles. The molecule has 2 aliphatic rings. The molecular weight excluding hydrogens is 322 g/mol. The van der Waals surface area contributed by atoms with Crippen LogP contribution in [0.3, 0.4) is 0 Å². The van der Waals surface area contributed by atoms with Gasteiger partial charge in [0.25, 0.3) is 0 Å². The van der Waals surface area contributed by atoms with Crippen LogP contribution in [-0.2, 0) is 19.6 Å². The molecule has 2 heterocycles. The fourth-order valence-electron chi connectivity index (χ4n) is 2.97. The fourth-order valence-corrected chi connectivity index (χ4v) is 3.74. The molecule has 0 aliphatic carbocycles. The molecule has 0 aromatic rings. The summed E-state index contributed by atoms with van der Waals surface area (Å²) in [4.78, 5) is 27.3. The highest BCUT2D eigenvalue weighted by molar-refractivity contribution is 7.89. The van der Waals surface area contributed by atoms with Gasteiger partial charge in [-0.1, -0.05) is 0 Å². The Hall–Kier alpha value is -1.35. The van der Waals surface area contributed by atoms with E-state index in [4.69, 9.17) is 9.88 Å². The summed E-state index contributed by atoms with van der Waals surface area (Å²) in [6.07, 6.45) is 1.13. The number of carbonyl (C=O) groups is 2. The summed E-state index contributed by atoms with van der Waals surface area (Å²) in [5, 5.41) is 4.27. The molecule has 0 aromatic heterocycles. The van der Waals surface area contributed by atoms with Crippen LogP contribution in [-0.4, -0.2) is 66.7 Å². The number of primary sulfonamides is 1. The molecule has 0 aromatic carbocycles. The lowest BCUT2D eigenvalue weighted by atomic mass is 10.2. The van der Waals surface area contributed by atoms with Crippen LogP contribution >= 0.6 is 0 Å². The third kappa shape index (κ3) is 4.57. The standard InChI is InChI=1S/C14H25N3O5S/c1-14(2,3)22-13(19)17-6-4-5-10(17)8-16-9-11(7-12(16)18)23(15,20)21/h10-11H,4-9H2,1-3H3,(H2,15,20,21). The first kappa shape index (κ1) is 18.0. The molecule has 2 fully saturated rings. The van der Waals surface area contributed by atoms with Gasteiger partial charge in [0, 0.05) is 26.1 Å². The number of rotatable bonds is 3. The number of ether oxygens (including phenoxy) is 1. The highest BCUT2D eigenvalue weighted by Gasteiger charge is 2.40. The van der Waals surface area contributed by atoms with Crippen LogP contribution in [0.15, 0.2) is 0 Å². The number of carbonyl (C=O) groups excluding carboxylic acids is 2. The van der Waals surface area contributed by atoms with Crippen molar-refractivity contribution in [3.8, 4) is 0 Å². The zero-order valence-corrected chi connectivity index (χ0v) is 14.6. The number of nitrogens with zero attached hydrogens (tertiary/aromatic N) is 2. The monoisotopic (exact) mass is 347 g/mol. The van der Waals surface area contributed by atoms with Crippen molar-refractivity contribution < 1.29 is 22.7 Å². The van der Waals surface area contributed by atoms with Crippen molar-refractivity contribution in [1.82, 2.24) is 9.80 Å². The van der Waals surface area contributed by atoms with Crippen molar-refractivity contribution in [3.63, 3.8) is 0 Å². The Morgan fingerprint density at radius 2 is 2.04 bits per heavy atom. The van der Waals surface area contributed by atoms with E-state index in [2.05, 4.69) is 0 Å². The van der Waals surface area contributed by atoms with Crippen molar-refractivity contribution in [1.29, 1.82) is 0 Å². The second-order valence-corrected chi connectivity index (χ2v) is 9.03. The summed E-state index contributed by atoms with van der Waals surface area (Å²) < 4.78 is 28.2. The largest absolute Gasteiger partial charge is 0.444 e. The normalized spacial score (nSPS) is 26.0. The van der Waals surface area contributed by atoms with Crippen LogP contribution in [0, 0.1) is 0 Å². The lowest BCUT2D eigenvalue weighted by molar-refractivity contribution is -0.128. The number of nitrogens with two attached hydrogens (primary N) is 1. The molecule has 23 heavy (non-hydrogen) atoms. The summed E-state index contributed by atoms with van der Waals surface area (Å²) in [5.74, 6) is -0.236. The average molecular weight is 347 g/mol. The van der Waals surface area contributed by atoms with E-state index in [-0.39, 0.29) is 24.9 Å². The Balaban J connectivity index is 1.99. The minimum absolute atomic E-state index is 0.0853. The Morgan fingerprint density at radius 1 is 1.39 bits per heavy atom. The zero-order valence-electron chi connectivity index (χ0n) is 13.8. The zero-order chi connectivity index (χ0) is 17.4. The first-order valence-electron chi connectivity index (χ1n) is 7.76. The van der Waals surface area contributed by atoms with Crippen molar-refractivity contribution >= 4 is 22.0 Å². The molecule has 9 heteroatoms. The Kier molecular flexibility index (Phi) is 4.91. The van der Waals surface area contributed by atoms with Crippen molar-refractivity contribution in [2.45, 2.75) is 56.9 Å². The maximum absolute atomic E-state index is 12.2. The Bertz CT molecular complexity index is 584. The molecule has 0 bridgehead atoms. The smallest absolute Gasteiger partial charge is 0.410 e. The van der Waals surface area contributed by atoms with E-state index < -0.39 is 27.0 Å². The van der Waals surface area contributed by atoms with E-state index in [1.807, 2.05) is 0 Å². The van der Waals surface area contributed by atoms with Crippen LogP contribution in [0.4, 0.5) is 4.79 Å². The van der Waals surface area contributed by atoms with Gasteiger partial charge in [0.1, 0.15) is 10.9 Å². The molecule has 2 amide bonds. The number of hydrogen-bond acceptors (Lipinski definition) is 5. The SMILES string of the molecule is CC(C)(C)OC(=O)N1CCCC1CN1CC(S(N)(=O)=O)CC1=O. The predicted molar refractivity (Wildman–Crippen MR) is 84.1 cm³/mol. The van der Waals surface area contributed by atoms with E-state index in [1.165, 1.54) is 4.90 Å². The molecule has 0 spiro atoms. The summed E-state index contributed by atoms with van der Waals surface area (Å²) in [7, 11) is -3.72. The maximum Gasteiger partial charge on any atom is 0.410 e. The third-order valence-corrected chi connectivity index (χ3v) is 5.32. The van der Waals surface area contributed by atoms with Crippen LogP contribution in [0.5, 0.6) is 0 Å². The van der Waals surface area contributed by atoms with Crippen molar-refractivity contribution in [3.05, 3.63) is 0 Å². The van der Waals surface area contributed by atoms with Gasteiger partial charge in [0.15, 0.2) is 0 Å². The minimum atomic E-state index is -3.72. The van der Waals surface area contributed by atoms with Gasteiger partial charge >= 0.3 is 6.09 Å². The molecule has 132 valence electrons. The van der Waals surface area contributed by atoms with Crippen molar-refractivity contribution in [2.24, 2.45) is 5.14 Å². The molecule has 2 atom stereocenters. The number of amides is 2. The summed E-state index contributed by atoms with van der Waals surface area (Å²) in [6, 6.07) is -0.145. The maximum atomic E-state index is 12.2. The van der Waals surface area contributed by atoms with E-state index >= 15 is 0 Å². The van der Waals surface area contributed by atoms with Gasteiger partial charge in [-0.25, -0.2) is 18.4 Å². The average Bonchev–Trinajstić information content (AvgIpc) is 2.95. The molecular formula is C14H25N3O5S. The lowest BCUT2D eigenvalue weighted by Crippen LogP contribution is -2.46. The van der Waals surface area contributed by atoms with E-state index in [1.54, 1.807) is 25.7 Å². The number of sulfonamides is 1. The molecule has 0 saturated carbocycles. The molecule has 2 aliphatic heterocycles. The van der Waals surface area contributed by atoms with Gasteiger partial charge in [-0.15, -0.1) is 0 Å². The van der Waals surface area contributed by atoms with Crippen LogP contribution in [0.25, 0.3) is 0 Å². The lowest BCUT2D eigenvalue weighted by Gasteiger charge is -2.30. The molecule has 2 rings (SSSR count). The molecule has 0 radical (unpaired) electrons. The quantitative estimate of drug-likeness (QED) is 0.788. The molecule has 2 unspecified atom stereocenters. The third-order valence-electron chi connectivity index (χ3n) is 4.08. The van der Waals surface area contributed by atoms with E-state index in [0.29, 0.717) is 13.1 Å². The topological polar surface area (TPSA) is 110 Å². The fraction of sp³-hybridized carbons (Fsp3) is 0.857. The van der Waals surface area contributed by atoms with E-state index in [0.717, 1.165) is 12.8 Å². The Morgan fingerprint density at radius 3 is 2.57 bits per heavy atom. The van der Waals surface area contributed by atoms with Gasteiger partial charge in [0.2, 0.25) is 15.9 Å². The van der Waals surface area contributed by atoms with Gasteiger partial charge in [0.05, 0.1) is 6.04 Å². The van der Waals surface area contributed by atoms with Gasteiger partial charge < -0.3 is 14.5 Å². The van der Waals surface area contributed by atoms with Crippen molar-refractivity contribution in [2.75, 3.05) is 19.6 Å². The summed E-state index contributed by atoms with van der Waals surface area (Å²) in [6.45, 7) is 6.41. The van der Waals surface area contributed by atoms with Gasteiger partial charge in [-0.3, -0.25) is 4.79 Å². The predicted octanol–water partition coefficient (Wildman–Crippen LogP) is 0.275. The summed E-state index contributed by atoms with van der Waals surface area (Å²) >= 11 is 0. The second kappa shape index (κ2) is 6.27. The summed E-state index contributed by atoms with van der Waals surface area (Å²) in [5.41, 5.74) is -0.577. The Labute approximate surface area is 137 Å².